The average Bonchev–Trinajstić information content (AvgIpc) is 3.39. The summed E-state index contributed by atoms with van der Waals surface area (Å²) in [6.45, 7) is 8.26. The van der Waals surface area contributed by atoms with E-state index in [1.165, 1.54) is 114 Å². The molecule has 13 heteroatoms. The second kappa shape index (κ2) is 32.5. The zero-order chi connectivity index (χ0) is 43.9. The molecular weight excluding hydrogens is 771 g/mol. The number of phosphoric ester groups is 1. The van der Waals surface area contributed by atoms with Crippen molar-refractivity contribution in [1.29, 1.82) is 0 Å². The number of quaternary nitrogens is 1. The van der Waals surface area contributed by atoms with Crippen LogP contribution in [0.5, 0.6) is 0 Å². The molecule has 12 nitrogen and oxygen atoms in total. The number of carbonyl (C=O) groups is 2. The quantitative estimate of drug-likeness (QED) is 0.0272. The van der Waals surface area contributed by atoms with Gasteiger partial charge >= 0.3 is 11.9 Å². The number of phosphoric acid groups is 1. The van der Waals surface area contributed by atoms with Crippen molar-refractivity contribution in [1.82, 2.24) is 5.06 Å². The summed E-state index contributed by atoms with van der Waals surface area (Å²) >= 11 is 0. The van der Waals surface area contributed by atoms with Gasteiger partial charge in [-0.1, -0.05) is 155 Å². The highest BCUT2D eigenvalue weighted by molar-refractivity contribution is 7.45. The third-order valence-corrected chi connectivity index (χ3v) is 12.4. The molecule has 59 heavy (non-hydrogen) atoms. The number of ether oxygens (including phenoxy) is 3. The van der Waals surface area contributed by atoms with E-state index in [-0.39, 0.29) is 26.1 Å². The fourth-order valence-electron chi connectivity index (χ4n) is 7.58. The minimum absolute atomic E-state index is 0.01000. The molecule has 0 amide bonds. The number of esters is 2. The summed E-state index contributed by atoms with van der Waals surface area (Å²) in [4.78, 5) is 38.3. The Morgan fingerprint density at radius 2 is 1.12 bits per heavy atom. The van der Waals surface area contributed by atoms with Gasteiger partial charge in [0, 0.05) is 12.8 Å². The van der Waals surface area contributed by atoms with E-state index in [0.717, 1.165) is 38.5 Å². The largest absolute Gasteiger partial charge is 0.756 e. The fraction of sp³-hybridized carbons (Fsp3) is 0.957. The molecule has 0 radical (unpaired) electrons. The molecule has 1 aliphatic rings. The number of rotatable bonds is 40. The Labute approximate surface area is 361 Å². The molecule has 0 aromatic carbocycles. The maximum atomic E-state index is 13.1. The average molecular weight is 863 g/mol. The van der Waals surface area contributed by atoms with Crippen LogP contribution in [0.25, 0.3) is 0 Å². The van der Waals surface area contributed by atoms with Gasteiger partial charge in [-0.15, -0.1) is 0 Å². The molecule has 0 bridgehead atoms. The van der Waals surface area contributed by atoms with Crippen molar-refractivity contribution in [2.75, 3.05) is 54.1 Å². The van der Waals surface area contributed by atoms with Crippen LogP contribution >= 0.6 is 7.82 Å². The lowest BCUT2D eigenvalue weighted by atomic mass is 9.95. The van der Waals surface area contributed by atoms with E-state index in [9.17, 15) is 24.3 Å². The van der Waals surface area contributed by atoms with Crippen LogP contribution in [0.3, 0.4) is 0 Å². The van der Waals surface area contributed by atoms with Crippen LogP contribution in [0, 0.1) is 0 Å². The number of likely N-dealkylation sites (N-methyl/N-ethyl adjacent to an activating group) is 1. The summed E-state index contributed by atoms with van der Waals surface area (Å²) in [6, 6.07) is 0. The van der Waals surface area contributed by atoms with Gasteiger partial charge < -0.3 is 37.8 Å². The number of carbonyl (C=O) groups excluding carboxylic acids is 2. The van der Waals surface area contributed by atoms with E-state index >= 15 is 0 Å². The van der Waals surface area contributed by atoms with Gasteiger partial charge in [-0.25, -0.2) is 0 Å². The van der Waals surface area contributed by atoms with Crippen molar-refractivity contribution < 1.29 is 52.0 Å². The van der Waals surface area contributed by atoms with Crippen molar-refractivity contribution in [3.05, 3.63) is 0 Å². The molecule has 1 aliphatic heterocycles. The molecule has 0 spiro atoms. The van der Waals surface area contributed by atoms with Crippen LogP contribution in [-0.4, -0.2) is 98.2 Å². The third-order valence-electron chi connectivity index (χ3n) is 11.4. The molecule has 0 saturated carbocycles. The predicted molar refractivity (Wildman–Crippen MR) is 235 cm³/mol. The van der Waals surface area contributed by atoms with E-state index in [1.807, 2.05) is 35.0 Å². The van der Waals surface area contributed by atoms with Gasteiger partial charge in [0.2, 0.25) is 0 Å². The molecule has 3 atom stereocenters. The second-order valence-corrected chi connectivity index (χ2v) is 20.3. The topological polar surface area (TPSA) is 144 Å². The molecule has 350 valence electrons. The molecule has 2 unspecified atom stereocenters. The minimum Gasteiger partial charge on any atom is -0.756 e. The first-order valence-electron chi connectivity index (χ1n) is 23.9. The molecule has 1 rings (SSSR count). The number of nitrogens with zero attached hydrogens (tertiary/aromatic N) is 2. The van der Waals surface area contributed by atoms with Crippen molar-refractivity contribution >= 4 is 19.8 Å². The van der Waals surface area contributed by atoms with Crippen LogP contribution in [-0.2, 0) is 37.4 Å². The van der Waals surface area contributed by atoms with Gasteiger partial charge in [0.05, 0.1) is 39.9 Å². The van der Waals surface area contributed by atoms with E-state index < -0.39 is 43.7 Å². The number of hydrogen-bond donors (Lipinski definition) is 1. The number of unbranched alkanes of at least 4 members (excludes halogenated alkanes) is 22. The van der Waals surface area contributed by atoms with Crippen LogP contribution in [0.2, 0.25) is 0 Å². The maximum absolute atomic E-state index is 13.1. The van der Waals surface area contributed by atoms with Crippen molar-refractivity contribution in [3.8, 4) is 0 Å². The van der Waals surface area contributed by atoms with Gasteiger partial charge in [-0.3, -0.25) is 14.2 Å². The van der Waals surface area contributed by atoms with E-state index in [4.69, 9.17) is 23.3 Å². The van der Waals surface area contributed by atoms with Crippen LogP contribution in [0.15, 0.2) is 0 Å². The lowest BCUT2D eigenvalue weighted by molar-refractivity contribution is -0.870. The van der Waals surface area contributed by atoms with Gasteiger partial charge in [0.1, 0.15) is 25.5 Å². The van der Waals surface area contributed by atoms with Crippen LogP contribution < -0.4 is 4.89 Å². The smallest absolute Gasteiger partial charge is 0.306 e. The van der Waals surface area contributed by atoms with Crippen LogP contribution in [0.4, 0.5) is 0 Å². The highest BCUT2D eigenvalue weighted by Gasteiger charge is 2.50. The first-order valence-corrected chi connectivity index (χ1v) is 25.4. The summed E-state index contributed by atoms with van der Waals surface area (Å²) in [5.74, 6) is -1.00. The lowest BCUT2D eigenvalue weighted by Crippen LogP contribution is -2.50. The molecule has 1 heterocycles. The summed E-state index contributed by atoms with van der Waals surface area (Å²) in [7, 11) is 1.05. The lowest BCUT2D eigenvalue weighted by Gasteiger charge is -2.37. The molecular formula is C46H91N2O10P. The monoisotopic (exact) mass is 863 g/mol. The Bertz CT molecular complexity index is 1120. The molecule has 1 N–H and O–H groups in total. The Morgan fingerprint density at radius 3 is 1.58 bits per heavy atom. The summed E-state index contributed by atoms with van der Waals surface area (Å²) in [5, 5.41) is 12.6. The Kier molecular flexibility index (Phi) is 30.8. The zero-order valence-electron chi connectivity index (χ0n) is 39.1. The summed E-state index contributed by atoms with van der Waals surface area (Å²) in [5.41, 5.74) is -1.45. The van der Waals surface area contributed by atoms with E-state index in [2.05, 4.69) is 13.8 Å². The molecule has 1 fully saturated rings. The van der Waals surface area contributed by atoms with Crippen molar-refractivity contribution in [2.24, 2.45) is 0 Å². The highest BCUT2D eigenvalue weighted by atomic mass is 31.2. The Balaban J connectivity index is 2.60. The van der Waals surface area contributed by atoms with Crippen molar-refractivity contribution in [3.63, 3.8) is 0 Å². The van der Waals surface area contributed by atoms with E-state index in [1.54, 1.807) is 0 Å². The predicted octanol–water partition coefficient (Wildman–Crippen LogP) is 11.2. The molecule has 0 aliphatic carbocycles. The van der Waals surface area contributed by atoms with E-state index in [0.29, 0.717) is 43.3 Å². The normalized spacial score (nSPS) is 18.5. The third kappa shape index (κ3) is 29.0. The summed E-state index contributed by atoms with van der Waals surface area (Å²) in [6.07, 6.45) is 29.7. The summed E-state index contributed by atoms with van der Waals surface area (Å²) < 4.78 is 40.5. The SMILES string of the molecule is CCCCCCCCCCCCCCCC(=O)OC[C@H](COP(=O)([O-])OCC[N+](C)(C)C)OC(=O)CCCC1(CCCCCCCCCCCCC)OCC(C)(C)N1O. The first-order chi connectivity index (χ1) is 28.1. The zero-order valence-corrected chi connectivity index (χ0v) is 40.0. The van der Waals surface area contributed by atoms with Gasteiger partial charge in [0.25, 0.3) is 7.82 Å². The van der Waals surface area contributed by atoms with Gasteiger partial charge in [-0.2, -0.15) is 5.06 Å². The Hall–Kier alpha value is -1.11. The van der Waals surface area contributed by atoms with Gasteiger partial charge in [-0.05, 0) is 46.0 Å². The number of hydroxylamine groups is 2. The molecule has 1 saturated heterocycles. The molecule has 0 aromatic heterocycles. The Morgan fingerprint density at radius 1 is 0.678 bits per heavy atom. The standard InChI is InChI=1S/C46H91N2O10P/c1-8-10-12-14-16-18-20-21-22-24-26-28-30-33-43(49)54-39-42(40-57-59(52,53)56-38-37-48(5,6)7)58-44(50)34-32-36-46(47(51)45(3,4)41-55-46)35-31-29-27-25-23-19-17-15-13-11-9-2/h42,51H,8-41H2,1-7H3/t42-,46?/m1/s1. The van der Waals surface area contributed by atoms with Crippen molar-refractivity contribution in [2.45, 2.75) is 231 Å². The minimum atomic E-state index is -4.70. The maximum Gasteiger partial charge on any atom is 0.306 e. The van der Waals surface area contributed by atoms with Crippen LogP contribution in [0.1, 0.15) is 214 Å². The molecule has 0 aromatic rings. The van der Waals surface area contributed by atoms with Gasteiger partial charge in [0.15, 0.2) is 6.10 Å². The highest BCUT2D eigenvalue weighted by Crippen LogP contribution is 2.41. The number of hydrogen-bond acceptors (Lipinski definition) is 11. The fourth-order valence-corrected chi connectivity index (χ4v) is 8.31. The second-order valence-electron chi connectivity index (χ2n) is 18.9. The first kappa shape index (κ1) is 55.9.